The normalized spacial score (nSPS) is 15.5. The van der Waals surface area contributed by atoms with Gasteiger partial charge >= 0.3 is 0 Å². The molecule has 1 aromatic rings. The van der Waals surface area contributed by atoms with E-state index in [0.29, 0.717) is 18.9 Å². The Labute approximate surface area is 132 Å². The molecule has 5 heteroatoms. The summed E-state index contributed by atoms with van der Waals surface area (Å²) in [4.78, 5) is 14.0. The van der Waals surface area contributed by atoms with Gasteiger partial charge in [0.1, 0.15) is 0 Å². The molecular formula is C15H22Cl2N2O. The molecule has 20 heavy (non-hydrogen) atoms. The molecule has 0 aliphatic carbocycles. The van der Waals surface area contributed by atoms with Gasteiger partial charge in [0.15, 0.2) is 0 Å². The largest absolute Gasteiger partial charge is 0.341 e. The van der Waals surface area contributed by atoms with Crippen molar-refractivity contribution in [2.24, 2.45) is 5.92 Å². The first-order valence-corrected chi connectivity index (χ1v) is 7.22. The summed E-state index contributed by atoms with van der Waals surface area (Å²) in [5.74, 6) is 0.781. The maximum absolute atomic E-state index is 12.2. The highest BCUT2D eigenvalue weighted by molar-refractivity contribution is 6.30. The molecule has 0 spiro atoms. The second-order valence-electron chi connectivity index (χ2n) is 5.27. The maximum Gasteiger partial charge on any atom is 0.222 e. The number of amides is 1. The van der Waals surface area contributed by atoms with E-state index in [-0.39, 0.29) is 18.3 Å². The fourth-order valence-corrected chi connectivity index (χ4v) is 2.57. The van der Waals surface area contributed by atoms with Gasteiger partial charge in [-0.3, -0.25) is 4.79 Å². The van der Waals surface area contributed by atoms with Gasteiger partial charge in [-0.25, -0.2) is 0 Å². The third kappa shape index (κ3) is 5.31. The van der Waals surface area contributed by atoms with Crippen molar-refractivity contribution >= 4 is 29.9 Å². The van der Waals surface area contributed by atoms with Crippen LogP contribution >= 0.6 is 24.0 Å². The summed E-state index contributed by atoms with van der Waals surface area (Å²) in [5, 5.41) is 4.05. The Morgan fingerprint density at radius 2 is 1.90 bits per heavy atom. The second kappa shape index (κ2) is 8.50. The number of rotatable bonds is 4. The molecule has 0 bridgehead atoms. The predicted molar refractivity (Wildman–Crippen MR) is 85.4 cm³/mol. The summed E-state index contributed by atoms with van der Waals surface area (Å²) in [6.45, 7) is 2.73. The summed E-state index contributed by atoms with van der Waals surface area (Å²) in [7, 11) is 1.87. The van der Waals surface area contributed by atoms with Crippen molar-refractivity contribution in [2.45, 2.75) is 25.8 Å². The topological polar surface area (TPSA) is 32.3 Å². The van der Waals surface area contributed by atoms with Crippen molar-refractivity contribution in [1.29, 1.82) is 0 Å². The maximum atomic E-state index is 12.2. The van der Waals surface area contributed by atoms with Crippen LogP contribution in [0.3, 0.4) is 0 Å². The van der Waals surface area contributed by atoms with Crippen LogP contribution in [-0.4, -0.2) is 30.9 Å². The number of carbonyl (C=O) groups excluding carboxylic acids is 1. The molecule has 1 saturated heterocycles. The summed E-state index contributed by atoms with van der Waals surface area (Å²) in [6.07, 6.45) is 2.90. The van der Waals surface area contributed by atoms with E-state index in [4.69, 9.17) is 11.6 Å². The number of halogens is 2. The van der Waals surface area contributed by atoms with E-state index < -0.39 is 0 Å². The molecule has 1 heterocycles. The molecule has 0 saturated carbocycles. The van der Waals surface area contributed by atoms with Gasteiger partial charge in [0.05, 0.1) is 0 Å². The number of piperidine rings is 1. The highest BCUT2D eigenvalue weighted by Crippen LogP contribution is 2.18. The lowest BCUT2D eigenvalue weighted by Crippen LogP contribution is -2.33. The minimum absolute atomic E-state index is 0. The summed E-state index contributed by atoms with van der Waals surface area (Å²) >= 11 is 5.85. The van der Waals surface area contributed by atoms with Crippen molar-refractivity contribution in [3.05, 3.63) is 34.9 Å². The van der Waals surface area contributed by atoms with E-state index in [1.54, 1.807) is 0 Å². The number of carbonyl (C=O) groups is 1. The van der Waals surface area contributed by atoms with Crippen molar-refractivity contribution < 1.29 is 4.79 Å². The van der Waals surface area contributed by atoms with Crippen LogP contribution in [0.5, 0.6) is 0 Å². The van der Waals surface area contributed by atoms with Crippen molar-refractivity contribution in [2.75, 3.05) is 20.1 Å². The van der Waals surface area contributed by atoms with Crippen LogP contribution < -0.4 is 5.32 Å². The van der Waals surface area contributed by atoms with Crippen LogP contribution in [0.4, 0.5) is 0 Å². The van der Waals surface area contributed by atoms with E-state index in [0.717, 1.165) is 36.5 Å². The van der Waals surface area contributed by atoms with E-state index >= 15 is 0 Å². The zero-order valence-corrected chi connectivity index (χ0v) is 13.3. The Kier molecular flexibility index (Phi) is 7.35. The molecule has 0 aromatic heterocycles. The zero-order chi connectivity index (χ0) is 13.7. The number of nitrogens with zero attached hydrogens (tertiary/aromatic N) is 1. The molecule has 2 rings (SSSR count). The van der Waals surface area contributed by atoms with Crippen LogP contribution in [0.2, 0.25) is 5.02 Å². The Morgan fingerprint density at radius 3 is 2.50 bits per heavy atom. The van der Waals surface area contributed by atoms with E-state index in [9.17, 15) is 4.79 Å². The van der Waals surface area contributed by atoms with Crippen molar-refractivity contribution in [3.63, 3.8) is 0 Å². The minimum atomic E-state index is 0. The molecule has 1 N–H and O–H groups in total. The van der Waals surface area contributed by atoms with Crippen LogP contribution in [0, 0.1) is 5.92 Å². The Balaban J connectivity index is 0.00000200. The first-order valence-electron chi connectivity index (χ1n) is 6.84. The monoisotopic (exact) mass is 316 g/mol. The average molecular weight is 317 g/mol. The van der Waals surface area contributed by atoms with Crippen LogP contribution in [0.15, 0.2) is 24.3 Å². The van der Waals surface area contributed by atoms with Gasteiger partial charge < -0.3 is 10.2 Å². The molecule has 1 aromatic carbocycles. The van der Waals surface area contributed by atoms with Gasteiger partial charge in [-0.05, 0) is 49.5 Å². The van der Waals surface area contributed by atoms with Crippen molar-refractivity contribution in [1.82, 2.24) is 10.2 Å². The van der Waals surface area contributed by atoms with E-state index in [1.807, 2.05) is 36.2 Å². The molecule has 0 unspecified atom stereocenters. The highest BCUT2D eigenvalue weighted by Gasteiger charge is 2.19. The SMILES string of the molecule is CN(Cc1ccc(Cl)cc1)C(=O)CC1CCNCC1.Cl. The standard InChI is InChI=1S/C15H21ClN2O.ClH/c1-18(11-13-2-4-14(16)5-3-13)15(19)10-12-6-8-17-9-7-12;/h2-5,12,17H,6-11H2,1H3;1H. The third-order valence-electron chi connectivity index (χ3n) is 3.68. The molecule has 0 radical (unpaired) electrons. The molecule has 1 amide bonds. The van der Waals surface area contributed by atoms with Gasteiger partial charge in [0.25, 0.3) is 0 Å². The lowest BCUT2D eigenvalue weighted by Gasteiger charge is -2.25. The molecule has 0 atom stereocenters. The fourth-order valence-electron chi connectivity index (χ4n) is 2.44. The zero-order valence-electron chi connectivity index (χ0n) is 11.8. The number of hydrogen-bond donors (Lipinski definition) is 1. The first-order chi connectivity index (χ1) is 9.15. The predicted octanol–water partition coefficient (Wildman–Crippen LogP) is 3.11. The van der Waals surface area contributed by atoms with Crippen LogP contribution in [-0.2, 0) is 11.3 Å². The van der Waals surface area contributed by atoms with Crippen LogP contribution in [0.25, 0.3) is 0 Å². The number of hydrogen-bond acceptors (Lipinski definition) is 2. The lowest BCUT2D eigenvalue weighted by atomic mass is 9.94. The molecule has 3 nitrogen and oxygen atoms in total. The summed E-state index contributed by atoms with van der Waals surface area (Å²) in [5.41, 5.74) is 1.12. The Morgan fingerprint density at radius 1 is 1.30 bits per heavy atom. The Bertz CT molecular complexity index is 416. The smallest absolute Gasteiger partial charge is 0.222 e. The molecule has 1 fully saturated rings. The number of benzene rings is 1. The molecular weight excluding hydrogens is 295 g/mol. The van der Waals surface area contributed by atoms with E-state index in [2.05, 4.69) is 5.32 Å². The van der Waals surface area contributed by atoms with Gasteiger partial charge in [0, 0.05) is 25.0 Å². The second-order valence-corrected chi connectivity index (χ2v) is 5.71. The average Bonchev–Trinajstić information content (AvgIpc) is 2.42. The fraction of sp³-hybridized carbons (Fsp3) is 0.533. The van der Waals surface area contributed by atoms with Crippen LogP contribution in [0.1, 0.15) is 24.8 Å². The van der Waals surface area contributed by atoms with Gasteiger partial charge in [0.2, 0.25) is 5.91 Å². The van der Waals surface area contributed by atoms with Gasteiger partial charge in [-0.15, -0.1) is 12.4 Å². The quantitative estimate of drug-likeness (QED) is 0.925. The van der Waals surface area contributed by atoms with Crippen molar-refractivity contribution in [3.8, 4) is 0 Å². The Hall–Kier alpha value is -0.770. The third-order valence-corrected chi connectivity index (χ3v) is 3.93. The van der Waals surface area contributed by atoms with Gasteiger partial charge in [-0.2, -0.15) is 0 Å². The molecule has 112 valence electrons. The minimum Gasteiger partial charge on any atom is -0.341 e. The molecule has 1 aliphatic rings. The summed E-state index contributed by atoms with van der Waals surface area (Å²) in [6, 6.07) is 7.66. The van der Waals surface area contributed by atoms with E-state index in [1.165, 1.54) is 0 Å². The lowest BCUT2D eigenvalue weighted by molar-refractivity contribution is -0.131. The first kappa shape index (κ1) is 17.3. The number of nitrogens with one attached hydrogen (secondary N) is 1. The highest BCUT2D eigenvalue weighted by atomic mass is 35.5. The van der Waals surface area contributed by atoms with Gasteiger partial charge in [-0.1, -0.05) is 23.7 Å². The summed E-state index contributed by atoms with van der Waals surface area (Å²) < 4.78 is 0. The molecule has 1 aliphatic heterocycles.